The highest BCUT2D eigenvalue weighted by Crippen LogP contribution is 2.49. The van der Waals surface area contributed by atoms with E-state index in [4.69, 9.17) is 5.73 Å². The number of nitrogens with zero attached hydrogens (tertiary/aromatic N) is 4. The maximum atomic E-state index is 14.8. The average Bonchev–Trinajstić information content (AvgIpc) is 3.44. The number of hydrogen-bond donors (Lipinski definition) is 5. The third-order valence-corrected chi connectivity index (χ3v) is 8.28. The number of likely N-dealkylation sites (N-methyl/N-ethyl adjacent to an activating group) is 1. The third kappa shape index (κ3) is 4.55. The Balaban J connectivity index is 1.35. The minimum Gasteiger partial charge on any atom is -0.369 e. The first-order chi connectivity index (χ1) is 17.9. The zero-order valence-electron chi connectivity index (χ0n) is 20.7. The molecule has 4 aliphatic rings. The molecule has 6 rings (SSSR count). The Morgan fingerprint density at radius 2 is 1.97 bits per heavy atom. The molecule has 6 bridgehead atoms. The lowest BCUT2D eigenvalue weighted by atomic mass is 9.81. The van der Waals surface area contributed by atoms with Crippen LogP contribution >= 0.6 is 0 Å². The summed E-state index contributed by atoms with van der Waals surface area (Å²) >= 11 is 0. The van der Waals surface area contributed by atoms with E-state index in [1.807, 2.05) is 18.2 Å². The van der Waals surface area contributed by atoms with Gasteiger partial charge in [-0.1, -0.05) is 0 Å². The van der Waals surface area contributed by atoms with E-state index in [-0.39, 0.29) is 48.1 Å². The lowest BCUT2D eigenvalue weighted by molar-refractivity contribution is -0.124. The van der Waals surface area contributed by atoms with Gasteiger partial charge in [-0.15, -0.1) is 0 Å². The Morgan fingerprint density at radius 1 is 1.16 bits per heavy atom. The van der Waals surface area contributed by atoms with E-state index in [1.165, 1.54) is 0 Å². The number of carbonyl (C=O) groups excluding carboxylic acids is 2. The van der Waals surface area contributed by atoms with E-state index in [0.29, 0.717) is 11.4 Å². The summed E-state index contributed by atoms with van der Waals surface area (Å²) in [5.74, 6) is -1.28. The molecule has 2 aliphatic heterocycles. The quantitative estimate of drug-likeness (QED) is 0.400. The van der Waals surface area contributed by atoms with Crippen molar-refractivity contribution in [2.24, 2.45) is 23.5 Å². The number of anilines is 5. The van der Waals surface area contributed by atoms with Gasteiger partial charge in [0.25, 0.3) is 0 Å². The highest BCUT2D eigenvalue weighted by molar-refractivity contribution is 5.96. The molecule has 12 heteroatoms. The lowest BCUT2D eigenvalue weighted by Gasteiger charge is -2.35. The molecule has 3 heterocycles. The van der Waals surface area contributed by atoms with Gasteiger partial charge in [0.2, 0.25) is 17.8 Å². The molecular formula is C25H32FN9O2. The van der Waals surface area contributed by atoms with Crippen molar-refractivity contribution in [1.82, 2.24) is 20.2 Å². The van der Waals surface area contributed by atoms with Gasteiger partial charge in [-0.3, -0.25) is 9.59 Å². The van der Waals surface area contributed by atoms with Crippen molar-refractivity contribution in [2.45, 2.75) is 24.9 Å². The fourth-order valence-corrected chi connectivity index (χ4v) is 6.47. The van der Waals surface area contributed by atoms with Crippen LogP contribution in [0.25, 0.3) is 0 Å². The Bertz CT molecular complexity index is 1220. The maximum absolute atomic E-state index is 14.8. The van der Waals surface area contributed by atoms with Crippen molar-refractivity contribution < 1.29 is 14.0 Å². The second-order valence-electron chi connectivity index (χ2n) is 10.6. The minimum atomic E-state index is -0.603. The van der Waals surface area contributed by atoms with Crippen LogP contribution in [0.2, 0.25) is 0 Å². The predicted octanol–water partition coefficient (Wildman–Crippen LogP) is 0.943. The maximum Gasteiger partial charge on any atom is 0.238 e. The molecule has 0 spiro atoms. The Kier molecular flexibility index (Phi) is 6.07. The smallest absolute Gasteiger partial charge is 0.238 e. The summed E-state index contributed by atoms with van der Waals surface area (Å²) in [6.45, 7) is 3.71. The van der Waals surface area contributed by atoms with Crippen molar-refractivity contribution >= 4 is 40.6 Å². The summed E-state index contributed by atoms with van der Waals surface area (Å²) in [5, 5.41) is 12.8. The molecule has 2 amide bonds. The van der Waals surface area contributed by atoms with Gasteiger partial charge in [-0.25, -0.2) is 9.37 Å². The topological polar surface area (TPSA) is 141 Å². The van der Waals surface area contributed by atoms with E-state index in [9.17, 15) is 14.0 Å². The van der Waals surface area contributed by atoms with Crippen LogP contribution in [-0.4, -0.2) is 78.5 Å². The van der Waals surface area contributed by atoms with Crippen LogP contribution in [-0.2, 0) is 9.59 Å². The number of nitrogens with two attached hydrogens (primary N) is 1. The van der Waals surface area contributed by atoms with Gasteiger partial charge in [0, 0.05) is 44.0 Å². The monoisotopic (exact) mass is 509 g/mol. The molecule has 3 fully saturated rings. The summed E-state index contributed by atoms with van der Waals surface area (Å²) < 4.78 is 14.8. The van der Waals surface area contributed by atoms with Crippen LogP contribution < -0.4 is 31.9 Å². The van der Waals surface area contributed by atoms with Gasteiger partial charge < -0.3 is 36.8 Å². The van der Waals surface area contributed by atoms with Crippen LogP contribution in [0.15, 0.2) is 24.4 Å². The summed E-state index contributed by atoms with van der Waals surface area (Å²) in [7, 11) is 2.10. The summed E-state index contributed by atoms with van der Waals surface area (Å²) in [4.78, 5) is 38.4. The predicted molar refractivity (Wildman–Crippen MR) is 138 cm³/mol. The molecule has 5 atom stereocenters. The number of hydrogen-bond acceptors (Lipinski definition) is 9. The van der Waals surface area contributed by atoms with Crippen LogP contribution in [0.1, 0.15) is 12.8 Å². The average molecular weight is 510 g/mol. The van der Waals surface area contributed by atoms with Gasteiger partial charge in [0.1, 0.15) is 0 Å². The SMILES string of the molecule is CN1CCN(c2ccc3cc2NC(=O)CN[C@@H]2C[C@H]4C[C@H]2[C@@H](Nc2nc(ncc2F)N3)[C@H]4C(N)=O)CC1. The molecule has 2 aromatic rings. The molecule has 11 nitrogen and oxygen atoms in total. The lowest BCUT2D eigenvalue weighted by Crippen LogP contribution is -2.51. The molecule has 37 heavy (non-hydrogen) atoms. The van der Waals surface area contributed by atoms with E-state index in [1.54, 1.807) is 0 Å². The fraction of sp³-hybridized carbons (Fsp3) is 0.520. The third-order valence-electron chi connectivity index (χ3n) is 8.28. The van der Waals surface area contributed by atoms with Gasteiger partial charge in [-0.2, -0.15) is 4.98 Å². The summed E-state index contributed by atoms with van der Waals surface area (Å²) in [5.41, 5.74) is 8.05. The van der Waals surface area contributed by atoms with E-state index in [2.05, 4.69) is 48.1 Å². The summed E-state index contributed by atoms with van der Waals surface area (Å²) in [6.07, 6.45) is 2.63. The first kappa shape index (κ1) is 23.9. The highest BCUT2D eigenvalue weighted by atomic mass is 19.1. The molecule has 1 saturated heterocycles. The molecular weight excluding hydrogens is 477 g/mol. The minimum absolute atomic E-state index is 0.0000849. The number of carbonyl (C=O) groups is 2. The highest BCUT2D eigenvalue weighted by Gasteiger charge is 2.55. The standard InChI is InChI=1S/C25H32FN9O2/c1-34-4-6-35(7-5-34)19-3-2-14-10-18(19)31-20(36)12-28-17-9-13-8-15(17)22(21(13)23(27)37)32-24-16(26)11-29-25(30-14)33-24/h2-3,10-11,13,15,17,21-22,28H,4-9,12H2,1H3,(H2,27,37)(H,31,36)(H2,29,30,32,33)/t13-,15-,17-,21+,22-/m1/s1. The zero-order chi connectivity index (χ0) is 25.7. The number of benzene rings is 1. The van der Waals surface area contributed by atoms with Crippen molar-refractivity contribution in [3.05, 3.63) is 30.2 Å². The molecule has 0 unspecified atom stereocenters. The van der Waals surface area contributed by atoms with Gasteiger partial charge in [-0.05, 0) is 49.9 Å². The second kappa shape index (κ2) is 9.42. The van der Waals surface area contributed by atoms with Crippen LogP contribution in [0.5, 0.6) is 0 Å². The van der Waals surface area contributed by atoms with Crippen LogP contribution in [0.4, 0.5) is 33.2 Å². The number of piperazine rings is 1. The second-order valence-corrected chi connectivity index (χ2v) is 10.6. The Hall–Kier alpha value is -3.51. The van der Waals surface area contributed by atoms with E-state index < -0.39 is 17.6 Å². The van der Waals surface area contributed by atoms with Crippen LogP contribution in [0, 0.1) is 23.6 Å². The van der Waals surface area contributed by atoms with Crippen molar-refractivity contribution in [1.29, 1.82) is 0 Å². The number of fused-ring (bicyclic) bond motifs is 5. The van der Waals surface area contributed by atoms with Gasteiger partial charge >= 0.3 is 0 Å². The van der Waals surface area contributed by atoms with Crippen molar-refractivity contribution in [3.8, 4) is 0 Å². The number of primary amides is 1. The number of nitrogens with one attached hydrogen (secondary N) is 4. The molecule has 2 saturated carbocycles. The Morgan fingerprint density at radius 3 is 2.76 bits per heavy atom. The fourth-order valence-electron chi connectivity index (χ4n) is 6.47. The molecule has 0 radical (unpaired) electrons. The first-order valence-electron chi connectivity index (χ1n) is 12.8. The summed E-state index contributed by atoms with van der Waals surface area (Å²) in [6, 6.07) is 5.33. The zero-order valence-corrected chi connectivity index (χ0v) is 20.7. The molecule has 1 aromatic carbocycles. The first-order valence-corrected chi connectivity index (χ1v) is 12.8. The number of rotatable bonds is 2. The Labute approximate surface area is 214 Å². The number of amides is 2. The van der Waals surface area contributed by atoms with Crippen molar-refractivity contribution in [2.75, 3.05) is 60.6 Å². The molecule has 2 aliphatic carbocycles. The van der Waals surface area contributed by atoms with E-state index in [0.717, 1.165) is 50.9 Å². The number of halogens is 1. The van der Waals surface area contributed by atoms with Crippen LogP contribution in [0.3, 0.4) is 0 Å². The largest absolute Gasteiger partial charge is 0.369 e. The number of aromatic nitrogens is 2. The van der Waals surface area contributed by atoms with Crippen molar-refractivity contribution in [3.63, 3.8) is 0 Å². The van der Waals surface area contributed by atoms with E-state index >= 15 is 0 Å². The molecule has 1 aromatic heterocycles. The molecule has 196 valence electrons. The van der Waals surface area contributed by atoms with Gasteiger partial charge in [0.15, 0.2) is 11.6 Å². The molecule has 6 N–H and O–H groups in total. The van der Waals surface area contributed by atoms with Gasteiger partial charge in [0.05, 0.1) is 30.0 Å². The normalized spacial score (nSPS) is 29.5.